The highest BCUT2D eigenvalue weighted by atomic mass is 16.5. The average molecular weight is 242 g/mol. The first-order valence-electron chi connectivity index (χ1n) is 6.03. The zero-order chi connectivity index (χ0) is 12.5. The Bertz CT molecular complexity index is 602. The highest BCUT2D eigenvalue weighted by molar-refractivity contribution is 6.06. The highest BCUT2D eigenvalue weighted by Gasteiger charge is 2.17. The van der Waals surface area contributed by atoms with Gasteiger partial charge in [0.1, 0.15) is 5.75 Å². The number of hydrogen-bond donors (Lipinski definition) is 0. The highest BCUT2D eigenvalue weighted by Crippen LogP contribution is 2.26. The molecule has 1 aromatic heterocycles. The van der Waals surface area contributed by atoms with Gasteiger partial charge >= 0.3 is 0 Å². The third kappa shape index (κ3) is 1.79. The van der Waals surface area contributed by atoms with Crippen molar-refractivity contribution in [2.45, 2.75) is 12.8 Å². The molecule has 0 saturated heterocycles. The lowest BCUT2D eigenvalue weighted by atomic mass is 10.0. The maximum atomic E-state index is 12.3. The molecule has 0 atom stereocenters. The van der Waals surface area contributed by atoms with Gasteiger partial charge in [-0.3, -0.25) is 4.79 Å². The van der Waals surface area contributed by atoms with Gasteiger partial charge in [0.25, 0.3) is 0 Å². The number of nitrogens with zero attached hydrogens (tertiary/aromatic N) is 2. The van der Waals surface area contributed by atoms with Crippen molar-refractivity contribution in [1.29, 1.82) is 0 Å². The summed E-state index contributed by atoms with van der Waals surface area (Å²) >= 11 is 0. The van der Waals surface area contributed by atoms with Crippen LogP contribution in [0.3, 0.4) is 0 Å². The predicted molar refractivity (Wildman–Crippen MR) is 66.9 cm³/mol. The molecule has 0 saturated carbocycles. The number of rotatable bonds is 2. The Hall–Kier alpha value is -2.10. The van der Waals surface area contributed by atoms with Crippen molar-refractivity contribution in [3.63, 3.8) is 0 Å². The molecule has 0 unspecified atom stereocenters. The minimum absolute atomic E-state index is 0.0455. The maximum Gasteiger partial charge on any atom is 0.228 e. The fourth-order valence-corrected chi connectivity index (χ4v) is 2.22. The van der Waals surface area contributed by atoms with E-state index in [1.807, 2.05) is 19.2 Å². The second kappa shape index (κ2) is 4.29. The van der Waals surface area contributed by atoms with E-state index >= 15 is 0 Å². The Kier molecular flexibility index (Phi) is 2.63. The van der Waals surface area contributed by atoms with E-state index in [0.29, 0.717) is 11.4 Å². The molecule has 1 aliphatic rings. The summed E-state index contributed by atoms with van der Waals surface area (Å²) < 4.78 is 7.27. The SMILES string of the molecule is Cn1ccnc1C(=O)c1ccc2c(c1)CCCO2. The van der Waals surface area contributed by atoms with Gasteiger partial charge in [-0.2, -0.15) is 0 Å². The summed E-state index contributed by atoms with van der Waals surface area (Å²) in [6.45, 7) is 0.764. The van der Waals surface area contributed by atoms with Gasteiger partial charge in [0.15, 0.2) is 5.82 Å². The van der Waals surface area contributed by atoms with Crippen LogP contribution in [0.1, 0.15) is 28.2 Å². The van der Waals surface area contributed by atoms with Gasteiger partial charge in [-0.15, -0.1) is 0 Å². The van der Waals surface area contributed by atoms with Crippen LogP contribution in [0.25, 0.3) is 0 Å². The molecule has 1 aliphatic heterocycles. The topological polar surface area (TPSA) is 44.1 Å². The second-order valence-corrected chi connectivity index (χ2v) is 4.47. The van der Waals surface area contributed by atoms with E-state index in [1.54, 1.807) is 23.0 Å². The van der Waals surface area contributed by atoms with Gasteiger partial charge in [-0.25, -0.2) is 4.98 Å². The lowest BCUT2D eigenvalue weighted by molar-refractivity contribution is 0.102. The summed E-state index contributed by atoms with van der Waals surface area (Å²) in [6, 6.07) is 5.61. The third-order valence-corrected chi connectivity index (χ3v) is 3.19. The lowest BCUT2D eigenvalue weighted by Gasteiger charge is -2.17. The second-order valence-electron chi connectivity index (χ2n) is 4.47. The van der Waals surface area contributed by atoms with E-state index in [0.717, 1.165) is 30.8 Å². The fraction of sp³-hybridized carbons (Fsp3) is 0.286. The zero-order valence-electron chi connectivity index (χ0n) is 10.2. The predicted octanol–water partition coefficient (Wildman–Crippen LogP) is 1.98. The minimum atomic E-state index is -0.0455. The zero-order valence-corrected chi connectivity index (χ0v) is 10.2. The van der Waals surface area contributed by atoms with E-state index in [2.05, 4.69) is 4.98 Å². The molecule has 3 rings (SSSR count). The van der Waals surface area contributed by atoms with Gasteiger partial charge in [-0.1, -0.05) is 0 Å². The number of hydrogen-bond acceptors (Lipinski definition) is 3. The van der Waals surface area contributed by atoms with Crippen molar-refractivity contribution in [2.24, 2.45) is 7.05 Å². The van der Waals surface area contributed by atoms with Crippen LogP contribution in [0.5, 0.6) is 5.75 Å². The number of ketones is 1. The third-order valence-electron chi connectivity index (χ3n) is 3.19. The van der Waals surface area contributed by atoms with E-state index < -0.39 is 0 Å². The summed E-state index contributed by atoms with van der Waals surface area (Å²) in [7, 11) is 1.82. The normalized spacial score (nSPS) is 13.8. The molecule has 0 amide bonds. The first-order valence-corrected chi connectivity index (χ1v) is 6.03. The number of fused-ring (bicyclic) bond motifs is 1. The molecular formula is C14H14N2O2. The molecule has 4 nitrogen and oxygen atoms in total. The first-order chi connectivity index (χ1) is 8.75. The standard InChI is InChI=1S/C14H14N2O2/c1-16-7-6-15-14(16)13(17)11-4-5-12-10(9-11)3-2-8-18-12/h4-7,9H,2-3,8H2,1H3. The Morgan fingerprint density at radius 2 is 2.33 bits per heavy atom. The van der Waals surface area contributed by atoms with Crippen molar-refractivity contribution in [2.75, 3.05) is 6.61 Å². The van der Waals surface area contributed by atoms with Gasteiger partial charge in [-0.05, 0) is 36.6 Å². The van der Waals surface area contributed by atoms with Crippen molar-refractivity contribution < 1.29 is 9.53 Å². The van der Waals surface area contributed by atoms with Gasteiger partial charge in [0, 0.05) is 25.0 Å². The first kappa shape index (κ1) is 11.0. The van der Waals surface area contributed by atoms with Gasteiger partial charge in [0.05, 0.1) is 6.61 Å². The summed E-state index contributed by atoms with van der Waals surface area (Å²) in [5.74, 6) is 1.32. The molecule has 0 aliphatic carbocycles. The molecular weight excluding hydrogens is 228 g/mol. The lowest BCUT2D eigenvalue weighted by Crippen LogP contribution is -2.12. The van der Waals surface area contributed by atoms with Crippen molar-refractivity contribution >= 4 is 5.78 Å². The Balaban J connectivity index is 1.98. The molecule has 1 aromatic carbocycles. The van der Waals surface area contributed by atoms with Crippen LogP contribution in [0, 0.1) is 0 Å². The van der Waals surface area contributed by atoms with Crippen LogP contribution in [-0.4, -0.2) is 21.9 Å². The summed E-state index contributed by atoms with van der Waals surface area (Å²) in [5, 5.41) is 0. The molecule has 0 fully saturated rings. The molecule has 2 heterocycles. The van der Waals surface area contributed by atoms with Crippen LogP contribution in [0.2, 0.25) is 0 Å². The van der Waals surface area contributed by atoms with Gasteiger partial charge in [0.2, 0.25) is 5.78 Å². The molecule has 2 aromatic rings. The van der Waals surface area contributed by atoms with Crippen molar-refractivity contribution in [1.82, 2.24) is 9.55 Å². The number of aromatic nitrogens is 2. The van der Waals surface area contributed by atoms with Crippen molar-refractivity contribution in [3.05, 3.63) is 47.5 Å². The van der Waals surface area contributed by atoms with E-state index in [4.69, 9.17) is 4.74 Å². The van der Waals surface area contributed by atoms with Crippen LogP contribution in [0.4, 0.5) is 0 Å². The van der Waals surface area contributed by atoms with E-state index in [9.17, 15) is 4.79 Å². The molecule has 0 spiro atoms. The molecule has 4 heteroatoms. The Labute approximate surface area is 105 Å². The van der Waals surface area contributed by atoms with E-state index in [-0.39, 0.29) is 5.78 Å². The van der Waals surface area contributed by atoms with Crippen molar-refractivity contribution in [3.8, 4) is 5.75 Å². The van der Waals surface area contributed by atoms with E-state index in [1.165, 1.54) is 0 Å². The average Bonchev–Trinajstić information content (AvgIpc) is 2.83. The van der Waals surface area contributed by atoms with Crippen LogP contribution < -0.4 is 4.74 Å². The smallest absolute Gasteiger partial charge is 0.228 e. The molecule has 18 heavy (non-hydrogen) atoms. The number of imidazole rings is 1. The molecule has 0 N–H and O–H groups in total. The number of benzene rings is 1. The Morgan fingerprint density at radius 3 is 3.11 bits per heavy atom. The fourth-order valence-electron chi connectivity index (χ4n) is 2.22. The number of ether oxygens (including phenoxy) is 1. The summed E-state index contributed by atoms with van der Waals surface area (Å²) in [6.07, 6.45) is 5.38. The van der Waals surface area contributed by atoms with Gasteiger partial charge < -0.3 is 9.30 Å². The number of aryl methyl sites for hydroxylation is 2. The summed E-state index contributed by atoms with van der Waals surface area (Å²) in [5.41, 5.74) is 1.79. The van der Waals surface area contributed by atoms with Crippen LogP contribution >= 0.6 is 0 Å². The van der Waals surface area contributed by atoms with Crippen LogP contribution in [0.15, 0.2) is 30.6 Å². The largest absolute Gasteiger partial charge is 0.493 e. The quantitative estimate of drug-likeness (QED) is 0.756. The monoisotopic (exact) mass is 242 g/mol. The minimum Gasteiger partial charge on any atom is -0.493 e. The molecule has 0 radical (unpaired) electrons. The number of carbonyl (C=O) groups is 1. The Morgan fingerprint density at radius 1 is 1.44 bits per heavy atom. The molecule has 0 bridgehead atoms. The summed E-state index contributed by atoms with van der Waals surface area (Å²) in [4.78, 5) is 16.4. The van der Waals surface area contributed by atoms with Crippen LogP contribution in [-0.2, 0) is 13.5 Å². The maximum absolute atomic E-state index is 12.3. The molecule has 92 valence electrons. The number of carbonyl (C=O) groups excluding carboxylic acids is 1.